The molecule has 28 heavy (non-hydrogen) atoms. The van der Waals surface area contributed by atoms with Gasteiger partial charge in [-0.2, -0.15) is 0 Å². The predicted molar refractivity (Wildman–Crippen MR) is 110 cm³/mol. The molecular weight excluding hydrogens is 378 g/mol. The number of rotatable bonds is 8. The summed E-state index contributed by atoms with van der Waals surface area (Å²) in [4.78, 5) is 26.2. The van der Waals surface area contributed by atoms with Crippen molar-refractivity contribution in [2.75, 3.05) is 19.7 Å². The number of hydrogen-bond donors (Lipinski definition) is 2. The Bertz CT molecular complexity index is 758. The van der Waals surface area contributed by atoms with Gasteiger partial charge in [-0.15, -0.1) is 12.4 Å². The fourth-order valence-corrected chi connectivity index (χ4v) is 3.14. The first kappa shape index (κ1) is 21.7. The SMILES string of the molecule is Cl.N[C@@H](Cc1ccccc1)C(=O)NC1CC(=O)N(CCOc2ccccc2)C1. The Morgan fingerprint density at radius 1 is 1.14 bits per heavy atom. The van der Waals surface area contributed by atoms with E-state index in [1.807, 2.05) is 60.7 Å². The Balaban J connectivity index is 0.00000280. The number of amides is 2. The number of carbonyl (C=O) groups is 2. The molecule has 0 bridgehead atoms. The van der Waals surface area contributed by atoms with Gasteiger partial charge in [0.25, 0.3) is 0 Å². The highest BCUT2D eigenvalue weighted by Gasteiger charge is 2.31. The van der Waals surface area contributed by atoms with E-state index in [-0.39, 0.29) is 30.3 Å². The maximum atomic E-state index is 12.3. The highest BCUT2D eigenvalue weighted by molar-refractivity contribution is 5.85. The number of nitrogens with two attached hydrogens (primary N) is 1. The van der Waals surface area contributed by atoms with Crippen molar-refractivity contribution >= 4 is 24.2 Å². The van der Waals surface area contributed by atoms with E-state index in [1.54, 1.807) is 4.90 Å². The van der Waals surface area contributed by atoms with Crippen molar-refractivity contribution in [2.24, 2.45) is 5.73 Å². The molecule has 2 amide bonds. The summed E-state index contributed by atoms with van der Waals surface area (Å²) in [7, 11) is 0. The van der Waals surface area contributed by atoms with Crippen LogP contribution in [0.5, 0.6) is 5.75 Å². The number of hydrogen-bond acceptors (Lipinski definition) is 4. The number of nitrogens with one attached hydrogen (secondary N) is 1. The van der Waals surface area contributed by atoms with E-state index in [2.05, 4.69) is 5.32 Å². The molecule has 3 N–H and O–H groups in total. The van der Waals surface area contributed by atoms with Crippen LogP contribution in [0.25, 0.3) is 0 Å². The van der Waals surface area contributed by atoms with E-state index in [9.17, 15) is 9.59 Å². The number of nitrogens with zero attached hydrogens (tertiary/aromatic N) is 1. The fraction of sp³-hybridized carbons (Fsp3) is 0.333. The second-order valence-corrected chi connectivity index (χ2v) is 6.71. The van der Waals surface area contributed by atoms with Crippen molar-refractivity contribution in [1.29, 1.82) is 0 Å². The molecule has 1 unspecified atom stereocenters. The van der Waals surface area contributed by atoms with Gasteiger partial charge in [0, 0.05) is 13.0 Å². The summed E-state index contributed by atoms with van der Waals surface area (Å²) in [5, 5.41) is 2.90. The number of para-hydroxylation sites is 1. The molecule has 0 saturated carbocycles. The summed E-state index contributed by atoms with van der Waals surface area (Å²) >= 11 is 0. The lowest BCUT2D eigenvalue weighted by atomic mass is 10.1. The maximum Gasteiger partial charge on any atom is 0.237 e. The average molecular weight is 404 g/mol. The van der Waals surface area contributed by atoms with E-state index < -0.39 is 6.04 Å². The van der Waals surface area contributed by atoms with Crippen LogP contribution in [-0.2, 0) is 16.0 Å². The van der Waals surface area contributed by atoms with Crippen molar-refractivity contribution in [3.8, 4) is 5.75 Å². The Morgan fingerprint density at radius 3 is 2.46 bits per heavy atom. The molecule has 2 aromatic carbocycles. The van der Waals surface area contributed by atoms with Crippen molar-refractivity contribution < 1.29 is 14.3 Å². The van der Waals surface area contributed by atoms with E-state index >= 15 is 0 Å². The minimum Gasteiger partial charge on any atom is -0.492 e. The molecule has 0 aromatic heterocycles. The molecule has 1 aliphatic heterocycles. The van der Waals surface area contributed by atoms with Gasteiger partial charge in [-0.1, -0.05) is 48.5 Å². The van der Waals surface area contributed by atoms with Crippen LogP contribution in [0.2, 0.25) is 0 Å². The van der Waals surface area contributed by atoms with Crippen LogP contribution in [0, 0.1) is 0 Å². The van der Waals surface area contributed by atoms with Crippen molar-refractivity contribution in [3.05, 3.63) is 66.2 Å². The number of halogens is 1. The molecular formula is C21H26ClN3O3. The smallest absolute Gasteiger partial charge is 0.237 e. The van der Waals surface area contributed by atoms with Gasteiger partial charge in [-0.3, -0.25) is 9.59 Å². The third-order valence-corrected chi connectivity index (χ3v) is 4.57. The van der Waals surface area contributed by atoms with Gasteiger partial charge in [0.2, 0.25) is 11.8 Å². The predicted octanol–water partition coefficient (Wildman–Crippen LogP) is 1.77. The quantitative estimate of drug-likeness (QED) is 0.703. The summed E-state index contributed by atoms with van der Waals surface area (Å²) < 4.78 is 5.64. The van der Waals surface area contributed by atoms with Gasteiger partial charge in [0.05, 0.1) is 18.6 Å². The van der Waals surface area contributed by atoms with Crippen LogP contribution in [0.15, 0.2) is 60.7 Å². The summed E-state index contributed by atoms with van der Waals surface area (Å²) in [6.45, 7) is 1.40. The topological polar surface area (TPSA) is 84.7 Å². The van der Waals surface area contributed by atoms with Crippen molar-refractivity contribution in [3.63, 3.8) is 0 Å². The Hall–Kier alpha value is -2.57. The monoisotopic (exact) mass is 403 g/mol. The number of ether oxygens (including phenoxy) is 1. The van der Waals surface area contributed by atoms with Crippen LogP contribution in [0.3, 0.4) is 0 Å². The normalized spacial score (nSPS) is 17.0. The minimum absolute atomic E-state index is 0. The highest BCUT2D eigenvalue weighted by atomic mass is 35.5. The Labute approximate surface area is 171 Å². The maximum absolute atomic E-state index is 12.3. The standard InChI is InChI=1S/C21H25N3O3.ClH/c22-19(13-16-7-3-1-4-8-16)21(26)23-17-14-20(25)24(15-17)11-12-27-18-9-5-2-6-10-18;/h1-10,17,19H,11-15,22H2,(H,23,26);1H/t17?,19-;/m0./s1. The van der Waals surface area contributed by atoms with E-state index in [0.29, 0.717) is 32.5 Å². The largest absolute Gasteiger partial charge is 0.492 e. The average Bonchev–Trinajstić information content (AvgIpc) is 3.02. The van der Waals surface area contributed by atoms with Crippen molar-refractivity contribution in [2.45, 2.75) is 24.9 Å². The van der Waals surface area contributed by atoms with Gasteiger partial charge in [0.15, 0.2) is 0 Å². The molecule has 0 aliphatic carbocycles. The van der Waals surface area contributed by atoms with Gasteiger partial charge in [-0.05, 0) is 24.1 Å². The van der Waals surface area contributed by atoms with Gasteiger partial charge in [0.1, 0.15) is 12.4 Å². The molecule has 150 valence electrons. The Morgan fingerprint density at radius 2 is 1.79 bits per heavy atom. The molecule has 1 aliphatic rings. The van der Waals surface area contributed by atoms with Crippen LogP contribution in [-0.4, -0.2) is 48.5 Å². The summed E-state index contributed by atoms with van der Waals surface area (Å²) in [6.07, 6.45) is 0.775. The lowest BCUT2D eigenvalue weighted by molar-refractivity contribution is -0.128. The summed E-state index contributed by atoms with van der Waals surface area (Å²) in [6, 6.07) is 18.3. The number of carbonyl (C=O) groups excluding carboxylic acids is 2. The van der Waals surface area contributed by atoms with Crippen LogP contribution in [0.1, 0.15) is 12.0 Å². The molecule has 2 atom stereocenters. The molecule has 7 heteroatoms. The van der Waals surface area contributed by atoms with Crippen molar-refractivity contribution in [1.82, 2.24) is 10.2 Å². The summed E-state index contributed by atoms with van der Waals surface area (Å²) in [5.41, 5.74) is 7.03. The zero-order valence-corrected chi connectivity index (χ0v) is 16.4. The fourth-order valence-electron chi connectivity index (χ4n) is 3.14. The first-order valence-electron chi connectivity index (χ1n) is 9.17. The lowest BCUT2D eigenvalue weighted by Crippen LogP contribution is -2.47. The highest BCUT2D eigenvalue weighted by Crippen LogP contribution is 2.13. The van der Waals surface area contributed by atoms with E-state index in [0.717, 1.165) is 11.3 Å². The van der Waals surface area contributed by atoms with Gasteiger partial charge in [-0.25, -0.2) is 0 Å². The molecule has 0 radical (unpaired) electrons. The first-order chi connectivity index (χ1) is 13.1. The molecule has 1 fully saturated rings. The first-order valence-corrected chi connectivity index (χ1v) is 9.17. The van der Waals surface area contributed by atoms with E-state index in [4.69, 9.17) is 10.5 Å². The van der Waals surface area contributed by atoms with Crippen LogP contribution in [0.4, 0.5) is 0 Å². The number of likely N-dealkylation sites (tertiary alicyclic amines) is 1. The Kier molecular flexibility index (Phi) is 8.29. The van der Waals surface area contributed by atoms with E-state index in [1.165, 1.54) is 0 Å². The van der Waals surface area contributed by atoms with Crippen LogP contribution < -0.4 is 15.8 Å². The zero-order valence-electron chi connectivity index (χ0n) is 15.6. The molecule has 3 rings (SSSR count). The molecule has 0 spiro atoms. The minimum atomic E-state index is -0.627. The van der Waals surface area contributed by atoms with Crippen LogP contribution >= 0.6 is 12.4 Å². The molecule has 2 aromatic rings. The zero-order chi connectivity index (χ0) is 19.1. The molecule has 6 nitrogen and oxygen atoms in total. The summed E-state index contributed by atoms with van der Waals surface area (Å²) in [5.74, 6) is 0.577. The third-order valence-electron chi connectivity index (χ3n) is 4.57. The third kappa shape index (κ3) is 6.25. The molecule has 1 heterocycles. The molecule has 1 saturated heterocycles. The van der Waals surface area contributed by atoms with Gasteiger partial charge >= 0.3 is 0 Å². The number of benzene rings is 2. The lowest BCUT2D eigenvalue weighted by Gasteiger charge is -2.19. The van der Waals surface area contributed by atoms with Gasteiger partial charge < -0.3 is 20.7 Å². The second-order valence-electron chi connectivity index (χ2n) is 6.71. The second kappa shape index (κ2) is 10.7.